The first-order valence-corrected chi connectivity index (χ1v) is 6.52. The van der Waals surface area contributed by atoms with Crippen LogP contribution in [-0.2, 0) is 6.54 Å². The number of halogens is 4. The van der Waals surface area contributed by atoms with Crippen molar-refractivity contribution in [3.63, 3.8) is 0 Å². The van der Waals surface area contributed by atoms with Crippen molar-refractivity contribution in [1.82, 2.24) is 10.3 Å². The van der Waals surface area contributed by atoms with Gasteiger partial charge >= 0.3 is 6.18 Å². The Balaban J connectivity index is 1.82. The first-order chi connectivity index (χ1) is 9.46. The zero-order chi connectivity index (χ0) is 14.6. The van der Waals surface area contributed by atoms with Crippen LogP contribution in [0.5, 0.6) is 5.88 Å². The third-order valence-electron chi connectivity index (χ3n) is 2.94. The van der Waals surface area contributed by atoms with Crippen molar-refractivity contribution in [2.75, 3.05) is 6.61 Å². The molecule has 0 aliphatic heterocycles. The Kier molecular flexibility index (Phi) is 4.80. The van der Waals surface area contributed by atoms with Crippen LogP contribution in [-0.4, -0.2) is 23.8 Å². The number of rotatable bonds is 7. The summed E-state index contributed by atoms with van der Waals surface area (Å²) in [7, 11) is 0. The number of alkyl halides is 3. The molecule has 0 radical (unpaired) electrons. The molecule has 1 saturated carbocycles. The predicted octanol–water partition coefficient (Wildman–Crippen LogP) is 3.19. The summed E-state index contributed by atoms with van der Waals surface area (Å²) in [6, 6.07) is 1.98. The molecule has 20 heavy (non-hydrogen) atoms. The first kappa shape index (κ1) is 15.0. The molecule has 3 nitrogen and oxygen atoms in total. The Hall–Kier alpha value is -1.37. The molecule has 2 rings (SSSR count). The second-order valence-electron chi connectivity index (χ2n) is 4.81. The smallest absolute Gasteiger partial charge is 0.389 e. The number of hydrogen-bond donors (Lipinski definition) is 1. The van der Waals surface area contributed by atoms with Crippen molar-refractivity contribution in [3.8, 4) is 5.88 Å². The van der Waals surface area contributed by atoms with Crippen LogP contribution in [0.1, 0.15) is 31.2 Å². The number of hydrogen-bond acceptors (Lipinski definition) is 3. The van der Waals surface area contributed by atoms with Gasteiger partial charge in [-0.3, -0.25) is 0 Å². The number of nitrogens with one attached hydrogen (secondary N) is 1. The first-order valence-electron chi connectivity index (χ1n) is 6.52. The maximum atomic E-state index is 14.0. The quantitative estimate of drug-likeness (QED) is 0.619. The predicted molar refractivity (Wildman–Crippen MR) is 64.8 cm³/mol. The molecule has 1 fully saturated rings. The molecule has 0 amide bonds. The van der Waals surface area contributed by atoms with Crippen LogP contribution in [0.25, 0.3) is 0 Å². The molecule has 7 heteroatoms. The maximum absolute atomic E-state index is 14.0. The Bertz CT molecular complexity index is 446. The van der Waals surface area contributed by atoms with E-state index in [4.69, 9.17) is 4.74 Å². The molecule has 1 N–H and O–H groups in total. The molecule has 112 valence electrons. The van der Waals surface area contributed by atoms with E-state index in [2.05, 4.69) is 10.3 Å². The van der Waals surface area contributed by atoms with Crippen LogP contribution >= 0.6 is 0 Å². The maximum Gasteiger partial charge on any atom is 0.389 e. The van der Waals surface area contributed by atoms with Gasteiger partial charge in [0.2, 0.25) is 0 Å². The summed E-state index contributed by atoms with van der Waals surface area (Å²) < 4.78 is 54.8. The van der Waals surface area contributed by atoms with Crippen molar-refractivity contribution < 1.29 is 22.3 Å². The van der Waals surface area contributed by atoms with Gasteiger partial charge in [0.15, 0.2) is 5.82 Å². The molecule has 0 saturated heterocycles. The third kappa shape index (κ3) is 4.96. The van der Waals surface area contributed by atoms with E-state index >= 15 is 0 Å². The molecule has 1 aromatic heterocycles. The highest BCUT2D eigenvalue weighted by molar-refractivity contribution is 5.23. The van der Waals surface area contributed by atoms with E-state index in [0.29, 0.717) is 18.2 Å². The Labute approximate surface area is 114 Å². The molecular weight excluding hydrogens is 276 g/mol. The molecule has 0 aromatic carbocycles. The molecule has 0 atom stereocenters. The minimum atomic E-state index is -4.22. The van der Waals surface area contributed by atoms with E-state index in [9.17, 15) is 17.6 Å². The van der Waals surface area contributed by atoms with Crippen LogP contribution < -0.4 is 10.1 Å². The monoisotopic (exact) mass is 292 g/mol. The van der Waals surface area contributed by atoms with E-state index in [1.165, 1.54) is 12.3 Å². The van der Waals surface area contributed by atoms with Crippen molar-refractivity contribution >= 4 is 0 Å². The van der Waals surface area contributed by atoms with Crippen LogP contribution in [0.15, 0.2) is 12.3 Å². The molecule has 1 aliphatic carbocycles. The van der Waals surface area contributed by atoms with Gasteiger partial charge < -0.3 is 10.1 Å². The molecular formula is C13H16F4N2O. The highest BCUT2D eigenvalue weighted by Crippen LogP contribution is 2.23. The van der Waals surface area contributed by atoms with E-state index < -0.39 is 18.4 Å². The molecule has 0 spiro atoms. The minimum absolute atomic E-state index is 0.205. The summed E-state index contributed by atoms with van der Waals surface area (Å²) in [6.45, 7) is 0.168. The second kappa shape index (κ2) is 6.39. The number of ether oxygens (including phenoxy) is 1. The van der Waals surface area contributed by atoms with Crippen LogP contribution in [0, 0.1) is 5.82 Å². The standard InChI is InChI=1S/C13H16F4N2O/c14-11-9(8-19-10-2-3-10)4-6-18-12(11)20-7-1-5-13(15,16)17/h4,6,10,19H,1-3,5,7-8H2. The second-order valence-corrected chi connectivity index (χ2v) is 4.81. The summed E-state index contributed by atoms with van der Waals surface area (Å²) in [5.41, 5.74) is 0.415. The lowest BCUT2D eigenvalue weighted by atomic mass is 10.2. The zero-order valence-corrected chi connectivity index (χ0v) is 10.8. The van der Waals surface area contributed by atoms with Crippen LogP contribution in [0.4, 0.5) is 17.6 Å². The largest absolute Gasteiger partial charge is 0.476 e. The summed E-state index contributed by atoms with van der Waals surface area (Å²) in [5, 5.41) is 3.16. The highest BCUT2D eigenvalue weighted by atomic mass is 19.4. The lowest BCUT2D eigenvalue weighted by molar-refractivity contribution is -0.136. The third-order valence-corrected chi connectivity index (χ3v) is 2.94. The van der Waals surface area contributed by atoms with Gasteiger partial charge in [-0.2, -0.15) is 13.2 Å². The van der Waals surface area contributed by atoms with Crippen molar-refractivity contribution in [2.24, 2.45) is 0 Å². The topological polar surface area (TPSA) is 34.2 Å². The summed E-state index contributed by atoms with van der Waals surface area (Å²) in [6.07, 6.45) is -1.80. The molecule has 1 aliphatic rings. The number of pyridine rings is 1. The van der Waals surface area contributed by atoms with E-state index in [0.717, 1.165) is 12.8 Å². The van der Waals surface area contributed by atoms with Crippen molar-refractivity contribution in [1.29, 1.82) is 0 Å². The SMILES string of the molecule is Fc1c(CNC2CC2)ccnc1OCCCC(F)(F)F. The van der Waals surface area contributed by atoms with Crippen molar-refractivity contribution in [2.45, 2.75) is 44.4 Å². The average Bonchev–Trinajstić information content (AvgIpc) is 3.18. The fourth-order valence-electron chi connectivity index (χ4n) is 1.68. The normalized spacial score (nSPS) is 15.4. The van der Waals surface area contributed by atoms with Crippen LogP contribution in [0.3, 0.4) is 0 Å². The van der Waals surface area contributed by atoms with Gasteiger partial charge in [-0.25, -0.2) is 9.37 Å². The lowest BCUT2D eigenvalue weighted by Gasteiger charge is -2.10. The molecule has 1 aromatic rings. The number of nitrogens with zero attached hydrogens (tertiary/aromatic N) is 1. The fourth-order valence-corrected chi connectivity index (χ4v) is 1.68. The Morgan fingerprint density at radius 2 is 2.10 bits per heavy atom. The molecule has 0 bridgehead atoms. The van der Waals surface area contributed by atoms with Crippen LogP contribution in [0.2, 0.25) is 0 Å². The number of aromatic nitrogens is 1. The van der Waals surface area contributed by atoms with Gasteiger partial charge in [0, 0.05) is 30.8 Å². The van der Waals surface area contributed by atoms with Gasteiger partial charge in [0.05, 0.1) is 6.61 Å². The minimum Gasteiger partial charge on any atom is -0.476 e. The van der Waals surface area contributed by atoms with Crippen molar-refractivity contribution in [3.05, 3.63) is 23.6 Å². The lowest BCUT2D eigenvalue weighted by Crippen LogP contribution is -2.17. The van der Waals surface area contributed by atoms with Gasteiger partial charge in [0.1, 0.15) is 0 Å². The molecule has 1 heterocycles. The summed E-state index contributed by atoms with van der Waals surface area (Å²) in [4.78, 5) is 3.71. The van der Waals surface area contributed by atoms with Gasteiger partial charge in [0.25, 0.3) is 5.88 Å². The van der Waals surface area contributed by atoms with E-state index in [1.807, 2.05) is 0 Å². The molecule has 0 unspecified atom stereocenters. The zero-order valence-electron chi connectivity index (χ0n) is 10.8. The fraction of sp³-hybridized carbons (Fsp3) is 0.615. The average molecular weight is 292 g/mol. The Morgan fingerprint density at radius 1 is 1.35 bits per heavy atom. The van der Waals surface area contributed by atoms with Gasteiger partial charge in [-0.1, -0.05) is 0 Å². The highest BCUT2D eigenvalue weighted by Gasteiger charge is 2.26. The summed E-state index contributed by atoms with van der Waals surface area (Å²) in [5.74, 6) is -0.838. The van der Waals surface area contributed by atoms with E-state index in [-0.39, 0.29) is 18.9 Å². The Morgan fingerprint density at radius 3 is 2.75 bits per heavy atom. The summed E-state index contributed by atoms with van der Waals surface area (Å²) >= 11 is 0. The van der Waals surface area contributed by atoms with Gasteiger partial charge in [-0.05, 0) is 25.3 Å². The van der Waals surface area contributed by atoms with E-state index in [1.54, 1.807) is 0 Å². The van der Waals surface area contributed by atoms with Gasteiger partial charge in [-0.15, -0.1) is 0 Å².